The van der Waals surface area contributed by atoms with E-state index in [0.717, 1.165) is 6.42 Å². The lowest BCUT2D eigenvalue weighted by Crippen LogP contribution is -2.37. The van der Waals surface area contributed by atoms with E-state index < -0.39 is 5.97 Å². The van der Waals surface area contributed by atoms with Crippen LogP contribution in [0.4, 0.5) is 5.69 Å². The van der Waals surface area contributed by atoms with Crippen LogP contribution in [-0.4, -0.2) is 34.5 Å². The molecule has 1 aliphatic heterocycles. The Labute approximate surface area is 156 Å². The predicted octanol–water partition coefficient (Wildman–Crippen LogP) is 2.76. The number of nitrogens with zero attached hydrogens (tertiary/aromatic N) is 1. The molecule has 4 rings (SSSR count). The maximum atomic E-state index is 13.0. The highest BCUT2D eigenvalue weighted by Crippen LogP contribution is 2.60. The number of carbonyl (C=O) groups is 3. The fourth-order valence-corrected chi connectivity index (χ4v) is 6.41. The second-order valence-electron chi connectivity index (χ2n) is 6.52. The molecule has 1 heterocycles. The summed E-state index contributed by atoms with van der Waals surface area (Å²) in [5.74, 6) is -1.25. The van der Waals surface area contributed by atoms with Gasteiger partial charge in [0.15, 0.2) is 0 Å². The summed E-state index contributed by atoms with van der Waals surface area (Å²) in [4.78, 5) is 39.6. The fourth-order valence-electron chi connectivity index (χ4n) is 4.54. The summed E-state index contributed by atoms with van der Waals surface area (Å²) in [6.45, 7) is 0. The molecule has 0 unspecified atom stereocenters. The standard InChI is InChI=1S/C17H15Br2NO4/c1-24-17(23)7-4-2-3-5-10(7)20-15(21)11-8-6-9(12(11)16(20)22)14(19)13(8)18/h2-5,8-9,11-14H,6H2,1H3/t8-,9+,11-,12-,13-,14+/m0/s1. The van der Waals surface area contributed by atoms with Gasteiger partial charge in [0.05, 0.1) is 30.2 Å². The molecule has 7 heteroatoms. The van der Waals surface area contributed by atoms with E-state index in [4.69, 9.17) is 4.74 Å². The average molecular weight is 457 g/mol. The molecule has 5 nitrogen and oxygen atoms in total. The fraction of sp³-hybridized carbons (Fsp3) is 0.471. The average Bonchev–Trinajstić information content (AvgIpc) is 3.19. The zero-order valence-corrected chi connectivity index (χ0v) is 16.0. The molecule has 6 atom stereocenters. The first-order chi connectivity index (χ1) is 11.5. The zero-order valence-electron chi connectivity index (χ0n) is 12.8. The van der Waals surface area contributed by atoms with Crippen molar-refractivity contribution in [3.8, 4) is 0 Å². The maximum absolute atomic E-state index is 13.0. The lowest BCUT2D eigenvalue weighted by atomic mass is 9.81. The van der Waals surface area contributed by atoms with Gasteiger partial charge in [-0.25, -0.2) is 9.69 Å². The lowest BCUT2D eigenvalue weighted by Gasteiger charge is -2.28. The quantitative estimate of drug-likeness (QED) is 0.390. The number of rotatable bonds is 2. The van der Waals surface area contributed by atoms with Crippen molar-refractivity contribution in [2.24, 2.45) is 23.7 Å². The van der Waals surface area contributed by atoms with E-state index in [9.17, 15) is 14.4 Å². The molecule has 2 bridgehead atoms. The van der Waals surface area contributed by atoms with Crippen LogP contribution in [0.5, 0.6) is 0 Å². The summed E-state index contributed by atoms with van der Waals surface area (Å²) in [5.41, 5.74) is 0.560. The number of alkyl halides is 2. The van der Waals surface area contributed by atoms with Crippen LogP contribution in [0.15, 0.2) is 24.3 Å². The molecule has 3 fully saturated rings. The third-order valence-electron chi connectivity index (χ3n) is 5.54. The van der Waals surface area contributed by atoms with Gasteiger partial charge in [-0.15, -0.1) is 0 Å². The molecule has 0 aromatic heterocycles. The molecular weight excluding hydrogens is 442 g/mol. The van der Waals surface area contributed by atoms with Crippen molar-refractivity contribution in [3.63, 3.8) is 0 Å². The summed E-state index contributed by atoms with van der Waals surface area (Å²) in [5, 5.41) is 0. The van der Waals surface area contributed by atoms with Crippen LogP contribution in [0.2, 0.25) is 0 Å². The maximum Gasteiger partial charge on any atom is 0.339 e. The van der Waals surface area contributed by atoms with Crippen LogP contribution < -0.4 is 4.90 Å². The van der Waals surface area contributed by atoms with Gasteiger partial charge in [-0.3, -0.25) is 9.59 Å². The monoisotopic (exact) mass is 455 g/mol. The van der Waals surface area contributed by atoms with Crippen LogP contribution >= 0.6 is 31.9 Å². The molecule has 2 amide bonds. The van der Waals surface area contributed by atoms with Crippen molar-refractivity contribution in [3.05, 3.63) is 29.8 Å². The molecule has 1 aromatic rings. The van der Waals surface area contributed by atoms with Gasteiger partial charge in [0.25, 0.3) is 0 Å². The number of halogens is 2. The Kier molecular flexibility index (Phi) is 3.84. The normalized spacial score (nSPS) is 37.0. The van der Waals surface area contributed by atoms with Crippen molar-refractivity contribution in [1.29, 1.82) is 0 Å². The summed E-state index contributed by atoms with van der Waals surface area (Å²) < 4.78 is 4.79. The van der Waals surface area contributed by atoms with Gasteiger partial charge >= 0.3 is 5.97 Å². The van der Waals surface area contributed by atoms with Crippen LogP contribution in [0.1, 0.15) is 16.8 Å². The van der Waals surface area contributed by atoms with Crippen molar-refractivity contribution in [2.45, 2.75) is 16.1 Å². The highest BCUT2D eigenvalue weighted by molar-refractivity contribution is 9.12. The van der Waals surface area contributed by atoms with Gasteiger partial charge in [0.2, 0.25) is 11.8 Å². The van der Waals surface area contributed by atoms with Crippen LogP contribution in [-0.2, 0) is 14.3 Å². The van der Waals surface area contributed by atoms with Crippen LogP contribution in [0.25, 0.3) is 0 Å². The second kappa shape index (κ2) is 5.66. The van der Waals surface area contributed by atoms with E-state index in [0.29, 0.717) is 5.69 Å². The Morgan fingerprint density at radius 2 is 1.62 bits per heavy atom. The number of imide groups is 1. The first-order valence-corrected chi connectivity index (χ1v) is 9.63. The Morgan fingerprint density at radius 1 is 1.08 bits per heavy atom. The predicted molar refractivity (Wildman–Crippen MR) is 94.3 cm³/mol. The van der Waals surface area contributed by atoms with E-state index in [1.165, 1.54) is 12.0 Å². The number of anilines is 1. The molecule has 3 aliphatic rings. The highest BCUT2D eigenvalue weighted by atomic mass is 79.9. The van der Waals surface area contributed by atoms with Crippen molar-refractivity contribution >= 4 is 55.3 Å². The molecule has 0 N–H and O–H groups in total. The number of ether oxygens (including phenoxy) is 1. The summed E-state index contributed by atoms with van der Waals surface area (Å²) >= 11 is 7.33. The van der Waals surface area contributed by atoms with Crippen molar-refractivity contribution in [1.82, 2.24) is 0 Å². The number of methoxy groups -OCH3 is 1. The Balaban J connectivity index is 1.76. The number of esters is 1. The van der Waals surface area contributed by atoms with E-state index in [1.54, 1.807) is 24.3 Å². The van der Waals surface area contributed by atoms with Gasteiger partial charge in [0.1, 0.15) is 0 Å². The molecule has 0 spiro atoms. The van der Waals surface area contributed by atoms with E-state index in [1.807, 2.05) is 0 Å². The molecule has 24 heavy (non-hydrogen) atoms. The SMILES string of the molecule is COC(=O)c1ccccc1N1C(=O)[C@H]2[C@@H]3C[C@@H]([C@@H](Br)[C@H]3Br)[C@@H]2C1=O. The third-order valence-corrected chi connectivity index (χ3v) is 8.74. The van der Waals surface area contributed by atoms with Crippen LogP contribution in [0.3, 0.4) is 0 Å². The molecule has 2 saturated carbocycles. The van der Waals surface area contributed by atoms with E-state index >= 15 is 0 Å². The minimum absolute atomic E-state index is 0.149. The number of para-hydroxylation sites is 1. The van der Waals surface area contributed by atoms with Gasteiger partial charge in [0, 0.05) is 9.65 Å². The minimum Gasteiger partial charge on any atom is -0.465 e. The van der Waals surface area contributed by atoms with E-state index in [-0.39, 0.29) is 50.7 Å². The molecule has 2 aliphatic carbocycles. The molecule has 126 valence electrons. The smallest absolute Gasteiger partial charge is 0.339 e. The largest absolute Gasteiger partial charge is 0.465 e. The molecule has 1 aromatic carbocycles. The summed E-state index contributed by atoms with van der Waals surface area (Å²) in [6.07, 6.45) is 0.880. The summed E-state index contributed by atoms with van der Waals surface area (Å²) in [7, 11) is 1.28. The lowest BCUT2D eigenvalue weighted by molar-refractivity contribution is -0.123. The van der Waals surface area contributed by atoms with Gasteiger partial charge in [-0.2, -0.15) is 0 Å². The number of hydrogen-bond donors (Lipinski definition) is 0. The number of benzene rings is 1. The Morgan fingerprint density at radius 3 is 2.17 bits per heavy atom. The van der Waals surface area contributed by atoms with Crippen LogP contribution in [0, 0.1) is 23.7 Å². The highest BCUT2D eigenvalue weighted by Gasteiger charge is 2.66. The second-order valence-corrected chi connectivity index (χ2v) is 8.64. The van der Waals surface area contributed by atoms with Crippen molar-refractivity contribution in [2.75, 3.05) is 12.0 Å². The molecule has 1 saturated heterocycles. The molecule has 0 radical (unpaired) electrons. The van der Waals surface area contributed by atoms with Gasteiger partial charge in [-0.1, -0.05) is 44.0 Å². The van der Waals surface area contributed by atoms with Gasteiger partial charge < -0.3 is 4.74 Å². The minimum atomic E-state index is -0.553. The zero-order chi connectivity index (χ0) is 17.2. The third kappa shape index (κ3) is 2.00. The van der Waals surface area contributed by atoms with Crippen molar-refractivity contribution < 1.29 is 19.1 Å². The summed E-state index contributed by atoms with van der Waals surface area (Å²) in [6, 6.07) is 6.60. The molecular formula is C17H15Br2NO4. The number of fused-ring (bicyclic) bond motifs is 5. The first kappa shape index (κ1) is 16.3. The number of amides is 2. The number of carbonyl (C=O) groups excluding carboxylic acids is 3. The first-order valence-electron chi connectivity index (χ1n) is 7.80. The Bertz CT molecular complexity index is 720. The van der Waals surface area contributed by atoms with Gasteiger partial charge in [-0.05, 0) is 30.4 Å². The topological polar surface area (TPSA) is 63.7 Å². The van der Waals surface area contributed by atoms with E-state index in [2.05, 4.69) is 31.9 Å². The number of hydrogen-bond acceptors (Lipinski definition) is 4. The Hall–Kier alpha value is -1.21.